The lowest BCUT2D eigenvalue weighted by atomic mass is 9.98. The lowest BCUT2D eigenvalue weighted by Gasteiger charge is -2.18. The van der Waals surface area contributed by atoms with E-state index in [0.717, 1.165) is 38.8 Å². The van der Waals surface area contributed by atoms with Gasteiger partial charge >= 0.3 is 0 Å². The Balaban J connectivity index is 0.00000162. The molecule has 1 saturated carbocycles. The molecule has 0 aromatic heterocycles. The first kappa shape index (κ1) is 16.1. The van der Waals surface area contributed by atoms with Crippen molar-refractivity contribution < 1.29 is 4.79 Å². The Kier molecular flexibility index (Phi) is 6.82. The van der Waals surface area contributed by atoms with Crippen molar-refractivity contribution in [2.45, 2.75) is 38.1 Å². The fourth-order valence-corrected chi connectivity index (χ4v) is 3.68. The molecule has 2 rings (SSSR count). The van der Waals surface area contributed by atoms with E-state index in [1.54, 1.807) is 0 Å². The van der Waals surface area contributed by atoms with Gasteiger partial charge in [0.1, 0.15) is 0 Å². The van der Waals surface area contributed by atoms with Crippen molar-refractivity contribution in [2.75, 3.05) is 25.1 Å². The minimum Gasteiger partial charge on any atom is -0.342 e. The summed E-state index contributed by atoms with van der Waals surface area (Å²) < 4.78 is 0. The van der Waals surface area contributed by atoms with E-state index in [4.69, 9.17) is 5.73 Å². The van der Waals surface area contributed by atoms with Gasteiger partial charge in [-0.05, 0) is 49.5 Å². The molecule has 1 amide bonds. The first-order valence-electron chi connectivity index (χ1n) is 6.74. The predicted molar refractivity (Wildman–Crippen MR) is 80.3 cm³/mol. The molecule has 2 N–H and O–H groups in total. The second kappa shape index (κ2) is 7.61. The smallest absolute Gasteiger partial charge is 0.222 e. The molecule has 5 heteroatoms. The van der Waals surface area contributed by atoms with Crippen LogP contribution >= 0.6 is 24.2 Å². The van der Waals surface area contributed by atoms with Crippen molar-refractivity contribution in [3.63, 3.8) is 0 Å². The zero-order chi connectivity index (χ0) is 12.3. The number of likely N-dealkylation sites (tertiary alicyclic amines) is 1. The molecule has 2 fully saturated rings. The molecule has 0 aromatic rings. The van der Waals surface area contributed by atoms with E-state index in [2.05, 4.69) is 11.2 Å². The van der Waals surface area contributed by atoms with Gasteiger partial charge in [-0.1, -0.05) is 0 Å². The highest BCUT2D eigenvalue weighted by atomic mass is 35.5. The Hall–Kier alpha value is 0.0700. The summed E-state index contributed by atoms with van der Waals surface area (Å²) in [5, 5.41) is 0. The number of hydrogen-bond acceptors (Lipinski definition) is 3. The summed E-state index contributed by atoms with van der Waals surface area (Å²) >= 11 is 1.86. The van der Waals surface area contributed by atoms with Crippen LogP contribution in [-0.4, -0.2) is 41.9 Å². The fourth-order valence-electron chi connectivity index (χ4n) is 3.19. The van der Waals surface area contributed by atoms with E-state index in [-0.39, 0.29) is 12.4 Å². The Bertz CT molecular complexity index is 278. The molecule has 18 heavy (non-hydrogen) atoms. The van der Waals surface area contributed by atoms with Gasteiger partial charge in [0.25, 0.3) is 0 Å². The third-order valence-corrected chi connectivity index (χ3v) is 4.95. The van der Waals surface area contributed by atoms with Crippen LogP contribution in [0.3, 0.4) is 0 Å². The molecule has 1 saturated heterocycles. The highest BCUT2D eigenvalue weighted by molar-refractivity contribution is 7.98. The third-order valence-electron chi connectivity index (χ3n) is 4.25. The van der Waals surface area contributed by atoms with Crippen molar-refractivity contribution in [1.29, 1.82) is 0 Å². The predicted octanol–water partition coefficient (Wildman–Crippen LogP) is 2.14. The fraction of sp³-hybridized carbons (Fsp3) is 0.923. The molecule has 0 radical (unpaired) electrons. The number of hydrogen-bond donors (Lipinski definition) is 1. The summed E-state index contributed by atoms with van der Waals surface area (Å²) in [4.78, 5) is 14.1. The lowest BCUT2D eigenvalue weighted by Crippen LogP contribution is -2.33. The SMILES string of the molecule is CSCCCCC(=O)N1CC2CCC(N)C2C1.Cl. The first-order chi connectivity index (χ1) is 8.22. The Morgan fingerprint density at radius 2 is 2.11 bits per heavy atom. The van der Waals surface area contributed by atoms with Crippen LogP contribution in [0, 0.1) is 11.8 Å². The summed E-state index contributed by atoms with van der Waals surface area (Å²) in [6, 6.07) is 0.342. The number of carbonyl (C=O) groups is 1. The maximum atomic E-state index is 12.0. The molecular weight excluding hydrogens is 268 g/mol. The summed E-state index contributed by atoms with van der Waals surface area (Å²) in [7, 11) is 0. The van der Waals surface area contributed by atoms with Crippen LogP contribution in [0.15, 0.2) is 0 Å². The van der Waals surface area contributed by atoms with E-state index >= 15 is 0 Å². The quantitative estimate of drug-likeness (QED) is 0.790. The molecule has 0 spiro atoms. The average Bonchev–Trinajstić information content (AvgIpc) is 2.87. The molecule has 3 nitrogen and oxygen atoms in total. The lowest BCUT2D eigenvalue weighted by molar-refractivity contribution is -0.130. The molecule has 1 aliphatic carbocycles. The molecule has 3 unspecified atom stereocenters. The maximum Gasteiger partial charge on any atom is 0.222 e. The molecule has 2 aliphatic rings. The van der Waals surface area contributed by atoms with Gasteiger partial charge in [0.15, 0.2) is 0 Å². The van der Waals surface area contributed by atoms with E-state index < -0.39 is 0 Å². The summed E-state index contributed by atoms with van der Waals surface area (Å²) in [5.74, 6) is 2.81. The summed E-state index contributed by atoms with van der Waals surface area (Å²) in [5.41, 5.74) is 6.08. The number of thioether (sulfide) groups is 1. The third kappa shape index (κ3) is 3.78. The van der Waals surface area contributed by atoms with Crippen LogP contribution in [0.5, 0.6) is 0 Å². The highest BCUT2D eigenvalue weighted by Crippen LogP contribution is 2.37. The second-order valence-electron chi connectivity index (χ2n) is 5.41. The van der Waals surface area contributed by atoms with Gasteiger partial charge in [0, 0.05) is 25.6 Å². The van der Waals surface area contributed by atoms with Gasteiger partial charge in [-0.15, -0.1) is 12.4 Å². The number of rotatable bonds is 5. The number of halogens is 1. The van der Waals surface area contributed by atoms with Gasteiger partial charge in [0.05, 0.1) is 0 Å². The molecule has 0 bridgehead atoms. The van der Waals surface area contributed by atoms with Crippen LogP contribution in [0.4, 0.5) is 0 Å². The first-order valence-corrected chi connectivity index (χ1v) is 8.14. The van der Waals surface area contributed by atoms with Crippen molar-refractivity contribution in [2.24, 2.45) is 17.6 Å². The van der Waals surface area contributed by atoms with E-state index in [0.29, 0.717) is 23.8 Å². The number of nitrogens with two attached hydrogens (primary N) is 1. The van der Waals surface area contributed by atoms with Gasteiger partial charge in [0.2, 0.25) is 5.91 Å². The van der Waals surface area contributed by atoms with E-state index in [1.165, 1.54) is 12.2 Å². The average molecular weight is 293 g/mol. The van der Waals surface area contributed by atoms with Crippen LogP contribution < -0.4 is 5.73 Å². The molecule has 106 valence electrons. The molecular formula is C13H25ClN2OS. The second-order valence-corrected chi connectivity index (χ2v) is 6.40. The number of unbranched alkanes of at least 4 members (excludes halogenated alkanes) is 1. The molecule has 1 heterocycles. The molecule has 3 atom stereocenters. The van der Waals surface area contributed by atoms with Crippen molar-refractivity contribution in [3.8, 4) is 0 Å². The van der Waals surface area contributed by atoms with E-state index in [1.807, 2.05) is 11.8 Å². The van der Waals surface area contributed by atoms with Gasteiger partial charge in [-0.25, -0.2) is 0 Å². The van der Waals surface area contributed by atoms with Gasteiger partial charge in [-0.2, -0.15) is 11.8 Å². The van der Waals surface area contributed by atoms with Crippen molar-refractivity contribution in [1.82, 2.24) is 4.90 Å². The number of carbonyl (C=O) groups excluding carboxylic acids is 1. The summed E-state index contributed by atoms with van der Waals surface area (Å²) in [6.07, 6.45) is 7.43. The Labute approximate surface area is 121 Å². The van der Waals surface area contributed by atoms with Crippen LogP contribution in [0.25, 0.3) is 0 Å². The number of fused-ring (bicyclic) bond motifs is 1. The Morgan fingerprint density at radius 3 is 2.78 bits per heavy atom. The maximum absolute atomic E-state index is 12.0. The van der Waals surface area contributed by atoms with Gasteiger partial charge in [-0.3, -0.25) is 4.79 Å². The number of amides is 1. The van der Waals surface area contributed by atoms with Crippen LogP contribution in [-0.2, 0) is 4.79 Å². The highest BCUT2D eigenvalue weighted by Gasteiger charge is 2.42. The van der Waals surface area contributed by atoms with Crippen LogP contribution in [0.2, 0.25) is 0 Å². The van der Waals surface area contributed by atoms with E-state index in [9.17, 15) is 4.79 Å². The van der Waals surface area contributed by atoms with Gasteiger partial charge < -0.3 is 10.6 Å². The zero-order valence-corrected chi connectivity index (χ0v) is 12.8. The normalized spacial score (nSPS) is 30.1. The largest absolute Gasteiger partial charge is 0.342 e. The molecule has 0 aromatic carbocycles. The minimum atomic E-state index is 0. The Morgan fingerprint density at radius 1 is 1.33 bits per heavy atom. The molecule has 1 aliphatic heterocycles. The zero-order valence-electron chi connectivity index (χ0n) is 11.1. The number of nitrogens with zero attached hydrogens (tertiary/aromatic N) is 1. The standard InChI is InChI=1S/C13H24N2OS.ClH/c1-17-7-3-2-4-13(16)15-8-10-5-6-12(14)11(10)9-15;/h10-12H,2-9,14H2,1H3;1H. The minimum absolute atomic E-state index is 0. The van der Waals surface area contributed by atoms with Crippen LogP contribution in [0.1, 0.15) is 32.1 Å². The summed E-state index contributed by atoms with van der Waals surface area (Å²) in [6.45, 7) is 1.90. The monoisotopic (exact) mass is 292 g/mol. The topological polar surface area (TPSA) is 46.3 Å². The van der Waals surface area contributed by atoms with Crippen molar-refractivity contribution in [3.05, 3.63) is 0 Å². The van der Waals surface area contributed by atoms with Crippen molar-refractivity contribution >= 4 is 30.1 Å².